The molecule has 0 bridgehead atoms. The molecule has 2 aliphatic rings. The van der Waals surface area contributed by atoms with Gasteiger partial charge in [-0.2, -0.15) is 0 Å². The van der Waals surface area contributed by atoms with E-state index in [9.17, 15) is 14.4 Å². The second kappa shape index (κ2) is 7.89. The zero-order valence-corrected chi connectivity index (χ0v) is 15.4. The van der Waals surface area contributed by atoms with Crippen molar-refractivity contribution in [3.8, 4) is 5.75 Å². The van der Waals surface area contributed by atoms with E-state index in [1.165, 1.54) is 11.3 Å². The van der Waals surface area contributed by atoms with E-state index in [2.05, 4.69) is 12.2 Å². The van der Waals surface area contributed by atoms with E-state index < -0.39 is 0 Å². The van der Waals surface area contributed by atoms with E-state index in [1.54, 1.807) is 25.1 Å². The number of amides is 2. The number of hydrogen-bond acceptors (Lipinski definition) is 4. The Morgan fingerprint density at radius 1 is 1.27 bits per heavy atom. The van der Waals surface area contributed by atoms with Crippen LogP contribution in [0.3, 0.4) is 0 Å². The molecule has 1 fully saturated rings. The van der Waals surface area contributed by atoms with Crippen LogP contribution in [0.15, 0.2) is 18.2 Å². The highest BCUT2D eigenvalue weighted by atomic mass is 16.5. The number of hydrogen-bond donors (Lipinski definition) is 1. The molecule has 1 aliphatic carbocycles. The molecule has 140 valence electrons. The van der Waals surface area contributed by atoms with Crippen molar-refractivity contribution >= 4 is 23.3 Å². The van der Waals surface area contributed by atoms with Gasteiger partial charge in [0.2, 0.25) is 5.91 Å². The summed E-state index contributed by atoms with van der Waals surface area (Å²) in [5.41, 5.74) is 1.02. The van der Waals surface area contributed by atoms with E-state index in [0.29, 0.717) is 29.3 Å². The number of anilines is 1. The van der Waals surface area contributed by atoms with E-state index in [-0.39, 0.29) is 36.8 Å². The summed E-state index contributed by atoms with van der Waals surface area (Å²) in [6.45, 7) is 3.80. The first-order valence-electron chi connectivity index (χ1n) is 9.39. The van der Waals surface area contributed by atoms with Gasteiger partial charge in [-0.15, -0.1) is 0 Å². The summed E-state index contributed by atoms with van der Waals surface area (Å²) in [6, 6.07) is 5.20. The minimum atomic E-state index is -0.273. The first-order chi connectivity index (χ1) is 12.5. The maximum absolute atomic E-state index is 12.5. The van der Waals surface area contributed by atoms with Crippen molar-refractivity contribution in [1.82, 2.24) is 5.32 Å². The van der Waals surface area contributed by atoms with Crippen LogP contribution in [-0.4, -0.2) is 36.8 Å². The Hall–Kier alpha value is -2.37. The Balaban J connectivity index is 1.76. The first kappa shape index (κ1) is 18.4. The van der Waals surface area contributed by atoms with Crippen LogP contribution >= 0.6 is 0 Å². The van der Waals surface area contributed by atoms with Crippen LogP contribution in [0.25, 0.3) is 0 Å². The number of ketones is 1. The normalized spacial score (nSPS) is 22.4. The maximum Gasteiger partial charge on any atom is 0.265 e. The molecule has 1 aliphatic heterocycles. The number of rotatable bonds is 5. The zero-order chi connectivity index (χ0) is 18.7. The number of ether oxygens (including phenoxy) is 1. The second-order valence-electron chi connectivity index (χ2n) is 7.16. The van der Waals surface area contributed by atoms with Gasteiger partial charge < -0.3 is 10.1 Å². The van der Waals surface area contributed by atoms with E-state index in [1.807, 2.05) is 0 Å². The van der Waals surface area contributed by atoms with Gasteiger partial charge in [0.15, 0.2) is 12.4 Å². The number of benzene rings is 1. The lowest BCUT2D eigenvalue weighted by Gasteiger charge is -2.32. The van der Waals surface area contributed by atoms with Crippen molar-refractivity contribution in [3.63, 3.8) is 0 Å². The molecular formula is C20H26N2O4. The van der Waals surface area contributed by atoms with Gasteiger partial charge in [0.1, 0.15) is 12.3 Å². The third kappa shape index (κ3) is 3.89. The number of Topliss-reactive ketones (excluding diaryl/α,β-unsaturated/α-hetero) is 1. The lowest BCUT2D eigenvalue weighted by molar-refractivity contribution is -0.126. The van der Waals surface area contributed by atoms with E-state index in [4.69, 9.17) is 4.74 Å². The monoisotopic (exact) mass is 358 g/mol. The molecule has 3 rings (SSSR count). The molecule has 2 unspecified atom stereocenters. The molecule has 1 heterocycles. The van der Waals surface area contributed by atoms with Gasteiger partial charge in [0.25, 0.3) is 5.91 Å². The largest absolute Gasteiger partial charge is 0.482 e. The minimum absolute atomic E-state index is 0.00810. The number of nitrogens with zero attached hydrogens (tertiary/aromatic N) is 1. The molecule has 1 aromatic carbocycles. The van der Waals surface area contributed by atoms with Crippen LogP contribution in [0.1, 0.15) is 56.3 Å². The smallest absolute Gasteiger partial charge is 0.265 e. The molecule has 2 amide bonds. The van der Waals surface area contributed by atoms with Crippen molar-refractivity contribution in [2.75, 3.05) is 18.1 Å². The van der Waals surface area contributed by atoms with E-state index >= 15 is 0 Å². The third-order valence-corrected chi connectivity index (χ3v) is 5.30. The average Bonchev–Trinajstić information content (AvgIpc) is 2.65. The molecule has 0 saturated heterocycles. The van der Waals surface area contributed by atoms with Crippen LogP contribution in [0.2, 0.25) is 0 Å². The molecule has 6 nitrogen and oxygen atoms in total. The summed E-state index contributed by atoms with van der Waals surface area (Å²) in [5.74, 6) is 0.527. The van der Waals surface area contributed by atoms with Gasteiger partial charge in [-0.1, -0.05) is 26.7 Å². The molecule has 6 heteroatoms. The van der Waals surface area contributed by atoms with Crippen molar-refractivity contribution in [3.05, 3.63) is 23.8 Å². The number of fused-ring (bicyclic) bond motifs is 1. The van der Waals surface area contributed by atoms with Gasteiger partial charge in [0, 0.05) is 18.0 Å². The topological polar surface area (TPSA) is 75.7 Å². The van der Waals surface area contributed by atoms with Crippen molar-refractivity contribution in [1.29, 1.82) is 0 Å². The average molecular weight is 358 g/mol. The first-order valence-corrected chi connectivity index (χ1v) is 9.39. The summed E-state index contributed by atoms with van der Waals surface area (Å²) >= 11 is 0. The molecule has 26 heavy (non-hydrogen) atoms. The Bertz CT molecular complexity index is 716. The second-order valence-corrected chi connectivity index (χ2v) is 7.16. The van der Waals surface area contributed by atoms with Crippen LogP contribution < -0.4 is 15.0 Å². The lowest BCUT2D eigenvalue weighted by atomic mass is 9.86. The van der Waals surface area contributed by atoms with Gasteiger partial charge in [-0.25, -0.2) is 0 Å². The van der Waals surface area contributed by atoms with E-state index in [0.717, 1.165) is 19.3 Å². The fourth-order valence-electron chi connectivity index (χ4n) is 3.68. The highest BCUT2D eigenvalue weighted by molar-refractivity contribution is 6.04. The predicted octanol–water partition coefficient (Wildman–Crippen LogP) is 2.70. The molecule has 1 N–H and O–H groups in total. The Morgan fingerprint density at radius 2 is 2.04 bits per heavy atom. The van der Waals surface area contributed by atoms with Crippen LogP contribution in [0, 0.1) is 5.92 Å². The fourth-order valence-corrected chi connectivity index (χ4v) is 3.68. The number of nitrogens with one attached hydrogen (secondary N) is 1. The summed E-state index contributed by atoms with van der Waals surface area (Å²) in [7, 11) is 0. The third-order valence-electron chi connectivity index (χ3n) is 5.30. The van der Waals surface area contributed by atoms with Crippen molar-refractivity contribution in [2.45, 2.75) is 52.0 Å². The summed E-state index contributed by atoms with van der Waals surface area (Å²) in [4.78, 5) is 38.3. The summed E-state index contributed by atoms with van der Waals surface area (Å²) in [6.07, 6.45) is 4.81. The maximum atomic E-state index is 12.5. The molecule has 2 atom stereocenters. The molecule has 0 spiro atoms. The summed E-state index contributed by atoms with van der Waals surface area (Å²) < 4.78 is 5.45. The Morgan fingerprint density at radius 3 is 2.77 bits per heavy atom. The van der Waals surface area contributed by atoms with Crippen molar-refractivity contribution in [2.24, 2.45) is 5.92 Å². The number of carbonyl (C=O) groups is 3. The molecular weight excluding hydrogens is 332 g/mol. The van der Waals surface area contributed by atoms with Crippen LogP contribution in [-0.2, 0) is 9.59 Å². The molecule has 0 radical (unpaired) electrons. The zero-order valence-electron chi connectivity index (χ0n) is 15.4. The van der Waals surface area contributed by atoms with Gasteiger partial charge >= 0.3 is 0 Å². The van der Waals surface area contributed by atoms with Crippen LogP contribution in [0.5, 0.6) is 5.75 Å². The van der Waals surface area contributed by atoms with Gasteiger partial charge in [0.05, 0.1) is 5.69 Å². The quantitative estimate of drug-likeness (QED) is 0.821. The predicted molar refractivity (Wildman–Crippen MR) is 98.5 cm³/mol. The van der Waals surface area contributed by atoms with Crippen molar-refractivity contribution < 1.29 is 19.1 Å². The van der Waals surface area contributed by atoms with Gasteiger partial charge in [-0.05, 0) is 37.0 Å². The molecule has 1 aromatic rings. The van der Waals surface area contributed by atoms with Gasteiger partial charge in [-0.3, -0.25) is 19.3 Å². The lowest BCUT2D eigenvalue weighted by Crippen LogP contribution is -2.49. The number of carbonyl (C=O) groups excluding carboxylic acids is 3. The standard InChI is InChI=1S/C20H26N2O4/c1-3-17(23)14-8-9-18-16(10-14)22(20(25)12-26-18)11-19(24)21-15-7-5-4-6-13(15)2/h8-10,13,15H,3-7,11-12H2,1-2H3,(H,21,24). The molecule has 1 saturated carbocycles. The fraction of sp³-hybridized carbons (Fsp3) is 0.550. The Labute approximate surface area is 153 Å². The molecule has 0 aromatic heterocycles. The SMILES string of the molecule is CCC(=O)c1ccc2c(c1)N(CC(=O)NC1CCCCC1C)C(=O)CO2. The van der Waals surface area contributed by atoms with Crippen LogP contribution in [0.4, 0.5) is 5.69 Å². The summed E-state index contributed by atoms with van der Waals surface area (Å²) in [5, 5.41) is 3.08. The Kier molecular flexibility index (Phi) is 5.59. The minimum Gasteiger partial charge on any atom is -0.482 e. The highest BCUT2D eigenvalue weighted by Gasteiger charge is 2.30. The highest BCUT2D eigenvalue weighted by Crippen LogP contribution is 2.33.